The number of amides is 3. The van der Waals surface area contributed by atoms with Gasteiger partial charge < -0.3 is 157 Å². The van der Waals surface area contributed by atoms with Crippen LogP contribution in [0.4, 0.5) is 23.2 Å². The highest BCUT2D eigenvalue weighted by atomic mass is 19.1. The fourth-order valence-electron chi connectivity index (χ4n) is 15.7. The summed E-state index contributed by atoms with van der Waals surface area (Å²) in [6, 6.07) is 23.0. The van der Waals surface area contributed by atoms with Crippen molar-refractivity contribution in [1.82, 2.24) is 16.0 Å². The minimum atomic E-state index is -1.99. The minimum absolute atomic E-state index is 0.0117. The summed E-state index contributed by atoms with van der Waals surface area (Å²) in [7, 11) is 0. The monoisotopic (exact) mass is 1750 g/mol. The first-order chi connectivity index (χ1) is 59.6. The molecule has 0 aromatic heterocycles. The van der Waals surface area contributed by atoms with Crippen molar-refractivity contribution in [2.24, 2.45) is 63.2 Å². The van der Waals surface area contributed by atoms with E-state index in [1.54, 1.807) is 91.9 Å². The number of hydrogen-bond acceptors (Lipinski definition) is 34. The standard InChI is InChI=1S/C55H69FN6O16.C28H51FN6O11/c1-4-38-20-22-41(60-54(68)71-30-35-16-10-6-11-17-35)50(73-38)76-47-32(2)24-37(25-43(64)33(3)40(56)27-59-62-57)45(65)49(47)78-52-46(66)48(44(28-63)75-52)77-51-42(61-55(69)72-31-36-18-12-7-13-19-36)23-21-39(74-51)26-58-53(67)70-29-34-14-8-5-9-15-34;29-14(9-32)21(39)18(37)6-11-5-17(35)23(44-26-15(33)3-1-12(7-30)41-26)25(20(11)38)46-28-22(40)24(19(10-36)43-28)45-27-16(34)4-2-13(8-31)42-27/h5-23,32-33,37-42,44-52,63,65-66H,4,24-31H2,1-3H3,(H,58,67)(H,60,68)(H,61,69);2,4,11-17,19-28,36,38-40H,1,3,5-10,30-35H2/t32-,33+,37-,38+,39+,40-,41+,42+,44+,45-,46+,47+,48+,49+,50+,51+,52-;11-,12-,13+,14-,15+,16+,17-,19+,20-,21+,22+,23+,24+,25+,26+,27+,28-/m00/s1. The summed E-state index contributed by atoms with van der Waals surface area (Å²) in [5, 5.41) is 89.5. The molecule has 39 nitrogen and oxygen atoms in total. The molecule has 22 N–H and O–H groups in total. The van der Waals surface area contributed by atoms with Crippen molar-refractivity contribution < 1.29 is 140 Å². The van der Waals surface area contributed by atoms with Crippen LogP contribution in [0.5, 0.6) is 0 Å². The Kier molecular flexibility index (Phi) is 38.4. The Hall–Kier alpha value is -7.80. The molecule has 5 fully saturated rings. The van der Waals surface area contributed by atoms with Crippen LogP contribution in [0, 0.1) is 23.7 Å². The van der Waals surface area contributed by atoms with Crippen LogP contribution in [-0.4, -0.2) is 296 Å². The molecular weight excluding hydrogens is 1630 g/mol. The summed E-state index contributed by atoms with van der Waals surface area (Å²) in [6.45, 7) is 2.79. The van der Waals surface area contributed by atoms with Crippen molar-refractivity contribution in [3.63, 3.8) is 0 Å². The largest absolute Gasteiger partial charge is 0.445 e. The van der Waals surface area contributed by atoms with Gasteiger partial charge in [0.1, 0.15) is 111 Å². The molecule has 0 radical (unpaired) electrons. The van der Waals surface area contributed by atoms with E-state index in [-0.39, 0.29) is 64.8 Å². The van der Waals surface area contributed by atoms with Gasteiger partial charge in [-0.05, 0) is 72.1 Å². The van der Waals surface area contributed by atoms with Crippen LogP contribution >= 0.6 is 0 Å². The number of Topliss-reactive ketones (excluding diaryl/α,β-unsaturated/α-hetero) is 2. The molecule has 6 aliphatic heterocycles. The van der Waals surface area contributed by atoms with Crippen molar-refractivity contribution >= 4 is 29.8 Å². The Labute approximate surface area is 715 Å². The van der Waals surface area contributed by atoms with Gasteiger partial charge in [-0.1, -0.05) is 153 Å². The summed E-state index contributed by atoms with van der Waals surface area (Å²) in [6.07, 6.45) is -23.3. The minimum Gasteiger partial charge on any atom is -0.445 e. The number of benzene rings is 3. The van der Waals surface area contributed by atoms with Gasteiger partial charge in [0.25, 0.3) is 0 Å². The number of alkyl carbamates (subject to hydrolysis) is 3. The molecule has 6 heterocycles. The van der Waals surface area contributed by atoms with E-state index >= 15 is 4.39 Å². The van der Waals surface area contributed by atoms with Crippen molar-refractivity contribution in [3.8, 4) is 0 Å². The van der Waals surface area contributed by atoms with Gasteiger partial charge in [-0.25, -0.2) is 23.2 Å². The molecule has 3 aromatic rings. The molecular formula is C83H120F2N12O27. The molecule has 0 bridgehead atoms. The molecule has 3 aromatic carbocycles. The zero-order valence-electron chi connectivity index (χ0n) is 69.1. The van der Waals surface area contributed by atoms with Crippen LogP contribution in [0.25, 0.3) is 10.4 Å². The van der Waals surface area contributed by atoms with Gasteiger partial charge in [-0.2, -0.15) is 0 Å². The van der Waals surface area contributed by atoms with Crippen LogP contribution in [0.2, 0.25) is 0 Å². The van der Waals surface area contributed by atoms with E-state index in [0.29, 0.717) is 19.3 Å². The summed E-state index contributed by atoms with van der Waals surface area (Å²) in [5.74, 6) is -4.95. The number of rotatable bonds is 38. The van der Waals surface area contributed by atoms with Crippen molar-refractivity contribution in [3.05, 3.63) is 155 Å². The second-order valence-electron chi connectivity index (χ2n) is 31.9. The summed E-state index contributed by atoms with van der Waals surface area (Å²) >= 11 is 0. The van der Waals surface area contributed by atoms with E-state index in [2.05, 4.69) is 26.0 Å². The number of ketones is 2. The van der Waals surface area contributed by atoms with Crippen molar-refractivity contribution in [1.29, 1.82) is 0 Å². The number of aliphatic hydroxyl groups is 7. The van der Waals surface area contributed by atoms with E-state index in [1.165, 1.54) is 6.92 Å². The van der Waals surface area contributed by atoms with E-state index in [9.17, 15) is 64.1 Å². The first kappa shape index (κ1) is 98.4. The molecule has 8 aliphatic rings. The molecule has 3 saturated heterocycles. The SMILES string of the molecule is CC[C@@H]1C=C[C@@H](NC(=O)OCc2ccccc2)[C@@H](O[C@H]2[C@H](O[C@@H]3O[C@H](CO)[C@@H](O[C@H]4O[C@@H](CNC(=O)OCc5ccccc5)C=C[C@H]4NC(=O)OCc4ccccc4)[C@H]3O)[C@@H](O)[C@H](CC(=O)[C@H](C)[C@@H](F)CN=[N+]=[N-])C[C@@H]2C)O1.NC[C@@H]1CC[C@@H](N)[C@@H](O[C@H]2[C@H](O[C@@H]3O[C@H](CO)[C@@H](O[C@H]4O[C@@H](CN)C=C[C@H]4N)[C@H]3O)[C@@H](O)[C@H](CC(=O)[C@H](O)[C@@H](F)CN)C[C@@H]2N)O1. The van der Waals surface area contributed by atoms with E-state index in [1.807, 2.05) is 49.4 Å². The van der Waals surface area contributed by atoms with Crippen LogP contribution < -0.4 is 50.4 Å². The van der Waals surface area contributed by atoms with E-state index < -0.39 is 264 Å². The zero-order valence-corrected chi connectivity index (χ0v) is 69.1. The third-order valence-electron chi connectivity index (χ3n) is 22.9. The number of nitrogens with zero attached hydrogens (tertiary/aromatic N) is 3. The maximum Gasteiger partial charge on any atom is 0.408 e. The molecule has 11 rings (SSSR count). The van der Waals surface area contributed by atoms with Gasteiger partial charge in [0.05, 0.1) is 81.1 Å². The Morgan fingerprint density at radius 3 is 1.52 bits per heavy atom. The predicted molar refractivity (Wildman–Crippen MR) is 433 cm³/mol. The van der Waals surface area contributed by atoms with Crippen LogP contribution in [0.1, 0.15) is 82.4 Å². The van der Waals surface area contributed by atoms with Crippen LogP contribution in [0.15, 0.2) is 133 Å². The number of nitrogens with one attached hydrogen (secondary N) is 3. The second-order valence-corrected chi connectivity index (χ2v) is 31.9. The Morgan fingerprint density at radius 1 is 0.532 bits per heavy atom. The third kappa shape index (κ3) is 27.1. The Morgan fingerprint density at radius 2 is 1.00 bits per heavy atom. The number of carbonyl (C=O) groups is 5. The first-order valence-electron chi connectivity index (χ1n) is 41.8. The van der Waals surface area contributed by atoms with Gasteiger partial charge in [-0.3, -0.25) is 9.59 Å². The van der Waals surface area contributed by atoms with Gasteiger partial charge in [0, 0.05) is 49.3 Å². The van der Waals surface area contributed by atoms with Gasteiger partial charge in [-0.15, -0.1) is 0 Å². The Balaban J connectivity index is 0.000000297. The molecule has 688 valence electrons. The fraction of sp³-hybridized carbons (Fsp3) is 0.651. The highest BCUT2D eigenvalue weighted by Gasteiger charge is 2.56. The topological polar surface area (TPSA) is 606 Å². The normalized spacial score (nSPS) is 35.6. The number of aliphatic hydroxyl groups excluding tert-OH is 7. The fourth-order valence-corrected chi connectivity index (χ4v) is 15.7. The number of ether oxygens (including phenoxy) is 15. The number of halogens is 2. The summed E-state index contributed by atoms with van der Waals surface area (Å²) < 4.78 is 119. The van der Waals surface area contributed by atoms with E-state index in [4.69, 9.17) is 111 Å². The lowest BCUT2D eigenvalue weighted by atomic mass is 9.73. The van der Waals surface area contributed by atoms with Crippen LogP contribution in [-0.2, 0) is 100 Å². The number of nitrogens with two attached hydrogens (primary N) is 6. The first-order valence-corrected chi connectivity index (χ1v) is 41.8. The van der Waals surface area contributed by atoms with Gasteiger partial charge >= 0.3 is 18.3 Å². The summed E-state index contributed by atoms with van der Waals surface area (Å²) in [5.41, 5.74) is 46.7. The highest BCUT2D eigenvalue weighted by molar-refractivity contribution is 5.84. The average Bonchev–Trinajstić information content (AvgIpc) is 1.50. The predicted octanol–water partition coefficient (Wildman–Crippen LogP) is 0.873. The highest BCUT2D eigenvalue weighted by Crippen LogP contribution is 2.42. The molecule has 2 saturated carbocycles. The zero-order chi connectivity index (χ0) is 89.3. The molecule has 34 atom stereocenters. The van der Waals surface area contributed by atoms with Gasteiger partial charge in [0.15, 0.2) is 43.5 Å². The molecule has 2 aliphatic carbocycles. The number of hydrogen-bond donors (Lipinski definition) is 16. The Bertz CT molecular complexity index is 3940. The lowest BCUT2D eigenvalue weighted by Gasteiger charge is -2.46. The van der Waals surface area contributed by atoms with Gasteiger partial charge in [0.2, 0.25) is 0 Å². The average molecular weight is 1760 g/mol. The molecule has 41 heteroatoms. The number of alkyl halides is 2. The lowest BCUT2D eigenvalue weighted by Crippen LogP contribution is -2.63. The molecule has 3 amide bonds. The smallest absolute Gasteiger partial charge is 0.408 e. The molecule has 0 unspecified atom stereocenters. The van der Waals surface area contributed by atoms with Crippen LogP contribution in [0.3, 0.4) is 0 Å². The third-order valence-corrected chi connectivity index (χ3v) is 22.9. The van der Waals surface area contributed by atoms with Crippen molar-refractivity contribution in [2.75, 3.05) is 45.9 Å². The van der Waals surface area contributed by atoms with E-state index in [0.717, 1.165) is 16.7 Å². The molecule has 0 spiro atoms. The number of carbonyl (C=O) groups excluding carboxylic acids is 5. The summed E-state index contributed by atoms with van der Waals surface area (Å²) in [4.78, 5) is 68.0. The maximum absolute atomic E-state index is 15.0. The maximum atomic E-state index is 15.0. The molecule has 124 heavy (non-hydrogen) atoms. The van der Waals surface area contributed by atoms with Crippen molar-refractivity contribution in [2.45, 2.75) is 270 Å². The quantitative estimate of drug-likeness (QED) is 0.0124. The lowest BCUT2D eigenvalue weighted by molar-refractivity contribution is -0.291. The second kappa shape index (κ2) is 48.4. The number of azide groups is 1.